The second-order valence-corrected chi connectivity index (χ2v) is 5.60. The number of thiophene rings is 1. The molecule has 1 aromatic carbocycles. The molecule has 0 aliphatic rings. The van der Waals surface area contributed by atoms with Crippen LogP contribution in [0.2, 0.25) is 0 Å². The molecule has 102 valence electrons. The maximum atomic E-state index is 9.28. The van der Waals surface area contributed by atoms with E-state index in [1.807, 2.05) is 18.2 Å². The van der Waals surface area contributed by atoms with E-state index >= 15 is 0 Å². The van der Waals surface area contributed by atoms with Gasteiger partial charge in [0.1, 0.15) is 0 Å². The van der Waals surface area contributed by atoms with E-state index in [2.05, 4.69) is 41.9 Å². The molecule has 2 atom stereocenters. The molecule has 2 N–H and O–H groups in total. The van der Waals surface area contributed by atoms with Gasteiger partial charge in [-0.2, -0.15) is 0 Å². The predicted octanol–water partition coefficient (Wildman–Crippen LogP) is 3.91. The van der Waals surface area contributed by atoms with Gasteiger partial charge in [0.2, 0.25) is 0 Å². The Hall–Kier alpha value is -1.16. The molecule has 1 heterocycles. The zero-order chi connectivity index (χ0) is 13.5. The fourth-order valence-corrected chi connectivity index (χ4v) is 3.16. The minimum absolute atomic E-state index is 0.202. The summed E-state index contributed by atoms with van der Waals surface area (Å²) in [6, 6.07) is 15.2. The number of hydrogen-bond acceptors (Lipinski definition) is 3. The highest BCUT2D eigenvalue weighted by molar-refractivity contribution is 7.10. The fourth-order valence-electron chi connectivity index (χ4n) is 2.29. The Bertz CT molecular complexity index is 455. The molecule has 1 aromatic heterocycles. The molecule has 0 saturated heterocycles. The topological polar surface area (TPSA) is 32.3 Å². The second-order valence-electron chi connectivity index (χ2n) is 4.62. The van der Waals surface area contributed by atoms with Crippen LogP contribution in [-0.2, 0) is 0 Å². The molecule has 0 spiro atoms. The van der Waals surface area contributed by atoms with Crippen molar-refractivity contribution in [3.05, 3.63) is 58.3 Å². The van der Waals surface area contributed by atoms with E-state index in [0.717, 1.165) is 12.8 Å². The van der Waals surface area contributed by atoms with E-state index in [-0.39, 0.29) is 12.6 Å². The van der Waals surface area contributed by atoms with Crippen molar-refractivity contribution in [1.82, 2.24) is 5.32 Å². The van der Waals surface area contributed by atoms with Crippen molar-refractivity contribution >= 4 is 11.3 Å². The van der Waals surface area contributed by atoms with Crippen molar-refractivity contribution < 1.29 is 5.11 Å². The van der Waals surface area contributed by atoms with Gasteiger partial charge in [-0.05, 0) is 29.9 Å². The smallest absolute Gasteiger partial charge is 0.0449 e. The van der Waals surface area contributed by atoms with E-state index in [1.165, 1.54) is 10.4 Å². The second kappa shape index (κ2) is 7.43. The Kier molecular flexibility index (Phi) is 5.58. The van der Waals surface area contributed by atoms with Crippen LogP contribution in [0.5, 0.6) is 0 Å². The molecule has 0 radical (unpaired) electrons. The zero-order valence-electron chi connectivity index (χ0n) is 11.3. The molecule has 0 amide bonds. The van der Waals surface area contributed by atoms with Crippen LogP contribution in [0.1, 0.15) is 42.3 Å². The van der Waals surface area contributed by atoms with Gasteiger partial charge in [-0.3, -0.25) is 0 Å². The lowest BCUT2D eigenvalue weighted by atomic mass is 10.0. The summed E-state index contributed by atoms with van der Waals surface area (Å²) in [6.07, 6.45) is 1.79. The molecule has 1 unspecified atom stereocenters. The highest BCUT2D eigenvalue weighted by Gasteiger charge is 2.17. The summed E-state index contributed by atoms with van der Waals surface area (Å²) in [4.78, 5) is 1.36. The summed E-state index contributed by atoms with van der Waals surface area (Å²) in [5, 5.41) is 15.1. The Morgan fingerprint density at radius 3 is 2.47 bits per heavy atom. The van der Waals surface area contributed by atoms with Crippen molar-refractivity contribution in [3.8, 4) is 0 Å². The van der Waals surface area contributed by atoms with Crippen LogP contribution in [-0.4, -0.2) is 11.7 Å². The van der Waals surface area contributed by atoms with Gasteiger partial charge >= 0.3 is 0 Å². The van der Waals surface area contributed by atoms with Crippen LogP contribution >= 0.6 is 11.3 Å². The minimum atomic E-state index is 0.202. The number of aliphatic hydroxyl groups is 1. The average Bonchev–Trinajstić information content (AvgIpc) is 2.98. The third kappa shape index (κ3) is 3.90. The number of aliphatic hydroxyl groups excluding tert-OH is 1. The van der Waals surface area contributed by atoms with Gasteiger partial charge in [-0.1, -0.05) is 43.3 Å². The predicted molar refractivity (Wildman–Crippen MR) is 81.4 cm³/mol. The van der Waals surface area contributed by atoms with E-state index in [4.69, 9.17) is 0 Å². The number of benzene rings is 1. The molecule has 0 fully saturated rings. The molecule has 2 aromatic rings. The maximum Gasteiger partial charge on any atom is 0.0449 e. The summed E-state index contributed by atoms with van der Waals surface area (Å²) >= 11 is 1.79. The highest BCUT2D eigenvalue weighted by Crippen LogP contribution is 2.26. The van der Waals surface area contributed by atoms with Crippen molar-refractivity contribution in [2.45, 2.75) is 31.8 Å². The van der Waals surface area contributed by atoms with Gasteiger partial charge < -0.3 is 10.4 Å². The molecule has 2 nitrogen and oxygen atoms in total. The van der Waals surface area contributed by atoms with Gasteiger partial charge in [-0.15, -0.1) is 11.3 Å². The Morgan fingerprint density at radius 2 is 1.89 bits per heavy atom. The first-order valence-corrected chi connectivity index (χ1v) is 7.68. The van der Waals surface area contributed by atoms with E-state index in [1.54, 1.807) is 11.3 Å². The largest absolute Gasteiger partial charge is 0.396 e. The number of nitrogens with one attached hydrogen (secondary N) is 1. The molecule has 19 heavy (non-hydrogen) atoms. The summed E-state index contributed by atoms with van der Waals surface area (Å²) in [5.74, 6) is 0. The average molecular weight is 275 g/mol. The van der Waals surface area contributed by atoms with Crippen LogP contribution in [0.15, 0.2) is 47.8 Å². The molecule has 0 saturated carbocycles. The summed E-state index contributed by atoms with van der Waals surface area (Å²) in [6.45, 7) is 2.39. The molecule has 0 aliphatic heterocycles. The molecular formula is C16H21NOS. The van der Waals surface area contributed by atoms with Gasteiger partial charge in [0.05, 0.1) is 0 Å². The van der Waals surface area contributed by atoms with E-state index in [9.17, 15) is 5.11 Å². The molecule has 0 bridgehead atoms. The van der Waals surface area contributed by atoms with Crippen molar-refractivity contribution in [2.24, 2.45) is 0 Å². The third-order valence-corrected chi connectivity index (χ3v) is 4.30. The van der Waals surface area contributed by atoms with Gasteiger partial charge in [0.25, 0.3) is 0 Å². The highest BCUT2D eigenvalue weighted by atomic mass is 32.1. The van der Waals surface area contributed by atoms with Gasteiger partial charge in [-0.25, -0.2) is 0 Å². The zero-order valence-corrected chi connectivity index (χ0v) is 12.1. The monoisotopic (exact) mass is 275 g/mol. The molecular weight excluding hydrogens is 254 g/mol. The first-order chi connectivity index (χ1) is 9.35. The Morgan fingerprint density at radius 1 is 1.11 bits per heavy atom. The van der Waals surface area contributed by atoms with E-state index in [0.29, 0.717) is 6.04 Å². The summed E-state index contributed by atoms with van der Waals surface area (Å²) in [7, 11) is 0. The molecule has 0 aliphatic carbocycles. The Labute approximate surface area is 119 Å². The summed E-state index contributed by atoms with van der Waals surface area (Å²) < 4.78 is 0. The SMILES string of the molecule is CCC(N[C@H](CCO)c1ccccc1)c1cccs1. The van der Waals surface area contributed by atoms with E-state index < -0.39 is 0 Å². The summed E-state index contributed by atoms with van der Waals surface area (Å²) in [5.41, 5.74) is 1.24. The van der Waals surface area contributed by atoms with Gasteiger partial charge in [0.15, 0.2) is 0 Å². The van der Waals surface area contributed by atoms with Crippen molar-refractivity contribution in [1.29, 1.82) is 0 Å². The maximum absolute atomic E-state index is 9.28. The molecule has 2 rings (SSSR count). The van der Waals surface area contributed by atoms with Crippen LogP contribution in [0.3, 0.4) is 0 Å². The first-order valence-electron chi connectivity index (χ1n) is 6.80. The fraction of sp³-hybridized carbons (Fsp3) is 0.375. The van der Waals surface area contributed by atoms with Crippen LogP contribution < -0.4 is 5.32 Å². The van der Waals surface area contributed by atoms with Gasteiger partial charge in [0, 0.05) is 23.6 Å². The van der Waals surface area contributed by atoms with Crippen LogP contribution in [0.25, 0.3) is 0 Å². The standard InChI is InChI=1S/C16H21NOS/c1-2-14(16-9-6-12-19-16)17-15(10-11-18)13-7-4-3-5-8-13/h3-9,12,14-15,17-18H,2,10-11H2,1H3/t14?,15-/m1/s1. The molecule has 3 heteroatoms. The number of rotatable bonds is 7. The van der Waals surface area contributed by atoms with Crippen molar-refractivity contribution in [3.63, 3.8) is 0 Å². The lowest BCUT2D eigenvalue weighted by Gasteiger charge is -2.24. The number of hydrogen-bond donors (Lipinski definition) is 2. The minimum Gasteiger partial charge on any atom is -0.396 e. The first kappa shape index (κ1) is 14.3. The lowest BCUT2D eigenvalue weighted by molar-refractivity contribution is 0.258. The van der Waals surface area contributed by atoms with Crippen LogP contribution in [0, 0.1) is 0 Å². The third-order valence-electron chi connectivity index (χ3n) is 3.32. The van der Waals surface area contributed by atoms with Crippen LogP contribution in [0.4, 0.5) is 0 Å². The van der Waals surface area contributed by atoms with Crippen molar-refractivity contribution in [2.75, 3.05) is 6.61 Å². The lowest BCUT2D eigenvalue weighted by Crippen LogP contribution is -2.26. The normalized spacial score (nSPS) is 14.2. The quantitative estimate of drug-likeness (QED) is 0.803. The Balaban J connectivity index is 2.12.